The lowest BCUT2D eigenvalue weighted by Gasteiger charge is -2.34. The second-order valence-electron chi connectivity index (χ2n) is 13.1. The fourth-order valence-electron chi connectivity index (χ4n) is 8.22. The van der Waals surface area contributed by atoms with Crippen LogP contribution in [-0.2, 0) is 5.41 Å². The van der Waals surface area contributed by atoms with E-state index in [9.17, 15) is 0 Å². The van der Waals surface area contributed by atoms with Crippen molar-refractivity contribution in [2.45, 2.75) is 5.41 Å². The molecule has 0 amide bonds. The molecule has 10 rings (SSSR count). The molecule has 0 saturated carbocycles. The van der Waals surface area contributed by atoms with Crippen LogP contribution in [0, 0.1) is 0 Å². The molecule has 3 heteroatoms. The van der Waals surface area contributed by atoms with E-state index in [1.54, 1.807) is 0 Å². The maximum Gasteiger partial charge on any atom is 0.143 e. The van der Waals surface area contributed by atoms with Crippen LogP contribution in [0.25, 0.3) is 44.3 Å². The van der Waals surface area contributed by atoms with Crippen LogP contribution >= 0.6 is 0 Å². The predicted octanol–water partition coefficient (Wildman–Crippen LogP) is 12.5. The van der Waals surface area contributed by atoms with E-state index in [4.69, 9.17) is 4.42 Å². The predicted molar refractivity (Wildman–Crippen MR) is 209 cm³/mol. The van der Waals surface area contributed by atoms with E-state index < -0.39 is 5.41 Å². The van der Waals surface area contributed by atoms with Crippen molar-refractivity contribution in [2.75, 3.05) is 4.90 Å². The third-order valence-corrected chi connectivity index (χ3v) is 10.4. The van der Waals surface area contributed by atoms with Crippen molar-refractivity contribution in [3.8, 4) is 22.4 Å². The highest BCUT2D eigenvalue weighted by Crippen LogP contribution is 2.58. The first-order valence-corrected chi connectivity index (χ1v) is 17.4. The molecule has 2 heterocycles. The molecule has 2 aromatic heterocycles. The third kappa shape index (κ3) is 4.48. The van der Waals surface area contributed by atoms with Gasteiger partial charge in [0.1, 0.15) is 11.2 Å². The Morgan fingerprint density at radius 3 is 1.84 bits per heavy atom. The fraction of sp³-hybridized carbons (Fsp3) is 0.0208. The zero-order valence-electron chi connectivity index (χ0n) is 27.8. The highest BCUT2D eigenvalue weighted by Gasteiger charge is 2.47. The molecule has 9 aromatic rings. The van der Waals surface area contributed by atoms with Crippen LogP contribution in [0.15, 0.2) is 199 Å². The molecule has 3 nitrogen and oxygen atoms in total. The first kappa shape index (κ1) is 29.2. The molecular formula is C48H32N2O. The molecule has 51 heavy (non-hydrogen) atoms. The molecule has 1 aliphatic carbocycles. The molecular weight excluding hydrogens is 621 g/mol. The van der Waals surface area contributed by atoms with Gasteiger partial charge in [-0.2, -0.15) is 0 Å². The number of fused-ring (bicyclic) bond motifs is 7. The summed E-state index contributed by atoms with van der Waals surface area (Å²) in [6.07, 6.45) is 1.84. The van der Waals surface area contributed by atoms with Gasteiger partial charge in [-0.15, -0.1) is 0 Å². The Kier molecular flexibility index (Phi) is 6.71. The van der Waals surface area contributed by atoms with E-state index in [-0.39, 0.29) is 0 Å². The summed E-state index contributed by atoms with van der Waals surface area (Å²) in [6, 6.07) is 67.1. The minimum Gasteiger partial charge on any atom is -0.455 e. The number of furan rings is 1. The molecule has 1 aliphatic rings. The summed E-state index contributed by atoms with van der Waals surface area (Å²) in [6.45, 7) is 0. The zero-order valence-corrected chi connectivity index (χ0v) is 27.8. The van der Waals surface area contributed by atoms with E-state index in [0.717, 1.165) is 50.3 Å². The summed E-state index contributed by atoms with van der Waals surface area (Å²) in [7, 11) is 0. The molecule has 0 bridgehead atoms. The highest BCUT2D eigenvalue weighted by atomic mass is 16.3. The standard InChI is InChI=1S/C48H32N2O/c1-3-13-34(14-4-1)48(42-19-9-7-18-41(42)46-43(48)31-30-40-39-17-8-10-21-45(39)51-47(40)46)35-24-28-38(29-25-35)50(36-15-5-2-6-16-36)37-26-22-33(23-27-37)44-20-11-12-32-49-44/h1-32H. The Hall–Kier alpha value is -6.71. The van der Waals surface area contributed by atoms with Crippen LogP contribution in [0.5, 0.6) is 0 Å². The van der Waals surface area contributed by atoms with Crippen LogP contribution < -0.4 is 4.90 Å². The van der Waals surface area contributed by atoms with Gasteiger partial charge >= 0.3 is 0 Å². The number of pyridine rings is 1. The van der Waals surface area contributed by atoms with Gasteiger partial charge in [-0.05, 0) is 82.4 Å². The lowest BCUT2D eigenvalue weighted by molar-refractivity contribution is 0.669. The van der Waals surface area contributed by atoms with Crippen LogP contribution in [0.1, 0.15) is 22.3 Å². The van der Waals surface area contributed by atoms with Crippen LogP contribution in [-0.4, -0.2) is 4.98 Å². The molecule has 0 fully saturated rings. The Bertz CT molecular complexity index is 2660. The van der Waals surface area contributed by atoms with E-state index in [2.05, 4.69) is 174 Å². The summed E-state index contributed by atoms with van der Waals surface area (Å²) >= 11 is 0. The molecule has 240 valence electrons. The SMILES string of the molecule is c1ccc(N(c2ccc(-c3ccccn3)cc2)c2ccc(C3(c4ccccc4)c4ccccc4-c4c3ccc3c4oc4ccccc43)cc2)cc1. The summed E-state index contributed by atoms with van der Waals surface area (Å²) < 4.78 is 6.69. The van der Waals surface area contributed by atoms with Crippen molar-refractivity contribution in [1.29, 1.82) is 0 Å². The summed E-state index contributed by atoms with van der Waals surface area (Å²) in [5, 5.41) is 2.29. The maximum absolute atomic E-state index is 6.69. The van der Waals surface area contributed by atoms with E-state index in [1.807, 2.05) is 30.5 Å². The van der Waals surface area contributed by atoms with Gasteiger partial charge in [0, 0.05) is 45.2 Å². The van der Waals surface area contributed by atoms with Crippen molar-refractivity contribution >= 4 is 39.0 Å². The average molecular weight is 653 g/mol. The second-order valence-corrected chi connectivity index (χ2v) is 13.1. The summed E-state index contributed by atoms with van der Waals surface area (Å²) in [5.74, 6) is 0. The number of rotatable bonds is 6. The summed E-state index contributed by atoms with van der Waals surface area (Å²) in [4.78, 5) is 6.87. The number of hydrogen-bond acceptors (Lipinski definition) is 3. The fourth-order valence-corrected chi connectivity index (χ4v) is 8.22. The van der Waals surface area contributed by atoms with Gasteiger partial charge in [0.2, 0.25) is 0 Å². The second kappa shape index (κ2) is 11.7. The van der Waals surface area contributed by atoms with Gasteiger partial charge < -0.3 is 9.32 Å². The monoisotopic (exact) mass is 652 g/mol. The molecule has 0 aliphatic heterocycles. The number of para-hydroxylation sites is 2. The van der Waals surface area contributed by atoms with Crippen molar-refractivity contribution in [3.05, 3.63) is 217 Å². The van der Waals surface area contributed by atoms with Crippen LogP contribution in [0.2, 0.25) is 0 Å². The minimum absolute atomic E-state index is 0.541. The third-order valence-electron chi connectivity index (χ3n) is 10.4. The Morgan fingerprint density at radius 1 is 0.451 bits per heavy atom. The largest absolute Gasteiger partial charge is 0.455 e. The number of benzene rings is 7. The van der Waals surface area contributed by atoms with E-state index >= 15 is 0 Å². The first-order chi connectivity index (χ1) is 25.3. The average Bonchev–Trinajstić information content (AvgIpc) is 3.74. The quantitative estimate of drug-likeness (QED) is 0.179. The molecule has 0 N–H and O–H groups in total. The van der Waals surface area contributed by atoms with Crippen molar-refractivity contribution in [2.24, 2.45) is 0 Å². The maximum atomic E-state index is 6.69. The van der Waals surface area contributed by atoms with Crippen molar-refractivity contribution in [1.82, 2.24) is 4.98 Å². The molecule has 0 radical (unpaired) electrons. The van der Waals surface area contributed by atoms with Gasteiger partial charge in [0.25, 0.3) is 0 Å². The Morgan fingerprint density at radius 2 is 1.08 bits per heavy atom. The molecule has 7 aromatic carbocycles. The van der Waals surface area contributed by atoms with Crippen molar-refractivity contribution < 1.29 is 4.42 Å². The Labute approximate surface area is 296 Å². The molecule has 0 saturated heterocycles. The number of aromatic nitrogens is 1. The van der Waals surface area contributed by atoms with Crippen molar-refractivity contribution in [3.63, 3.8) is 0 Å². The number of hydrogen-bond donors (Lipinski definition) is 0. The van der Waals surface area contributed by atoms with E-state index in [1.165, 1.54) is 33.4 Å². The summed E-state index contributed by atoms with van der Waals surface area (Å²) in [5.41, 5.74) is 13.9. The lowest BCUT2D eigenvalue weighted by Crippen LogP contribution is -2.28. The molecule has 0 spiro atoms. The van der Waals surface area contributed by atoms with Gasteiger partial charge in [-0.25, -0.2) is 0 Å². The first-order valence-electron chi connectivity index (χ1n) is 17.4. The lowest BCUT2D eigenvalue weighted by atomic mass is 9.67. The van der Waals surface area contributed by atoms with E-state index in [0.29, 0.717) is 0 Å². The van der Waals surface area contributed by atoms with Gasteiger partial charge in [0.05, 0.1) is 11.1 Å². The highest BCUT2D eigenvalue weighted by molar-refractivity contribution is 6.12. The Balaban J connectivity index is 1.17. The smallest absolute Gasteiger partial charge is 0.143 e. The number of anilines is 3. The van der Waals surface area contributed by atoms with Gasteiger partial charge in [0.15, 0.2) is 0 Å². The zero-order chi connectivity index (χ0) is 33.8. The number of nitrogens with zero attached hydrogens (tertiary/aromatic N) is 2. The molecule has 1 atom stereocenters. The van der Waals surface area contributed by atoms with Crippen LogP contribution in [0.4, 0.5) is 17.1 Å². The van der Waals surface area contributed by atoms with Gasteiger partial charge in [-0.3, -0.25) is 4.98 Å². The topological polar surface area (TPSA) is 29.3 Å². The van der Waals surface area contributed by atoms with Crippen LogP contribution in [0.3, 0.4) is 0 Å². The molecule has 1 unspecified atom stereocenters. The van der Waals surface area contributed by atoms with Gasteiger partial charge in [-0.1, -0.05) is 133 Å². The minimum atomic E-state index is -0.541. The normalized spacial score (nSPS) is 14.7.